The molecular weight excluding hydrogens is 336 g/mol. The van der Waals surface area contributed by atoms with Crippen molar-refractivity contribution in [3.8, 4) is 0 Å². The largest absolute Gasteiger partial charge is 0.505 e. The number of carbonyl (C=O) groups excluding carboxylic acids is 2. The van der Waals surface area contributed by atoms with Gasteiger partial charge in [0, 0.05) is 5.56 Å². The number of methoxy groups -OCH3 is 1. The number of ether oxygens (including phenoxy) is 2. The number of aliphatic hydroxyl groups excluding tert-OH is 1. The Morgan fingerprint density at radius 3 is 2.35 bits per heavy atom. The Kier molecular flexibility index (Phi) is 6.61. The molecule has 0 saturated carbocycles. The molecule has 0 spiro atoms. The van der Waals surface area contributed by atoms with Crippen LogP contribution in [0.4, 0.5) is 5.69 Å². The van der Waals surface area contributed by atoms with Gasteiger partial charge in [-0.25, -0.2) is 9.59 Å². The fourth-order valence-electron chi connectivity index (χ4n) is 2.06. The first kappa shape index (κ1) is 18.9. The molecule has 134 valence electrons. The van der Waals surface area contributed by atoms with Crippen molar-refractivity contribution in [2.45, 2.75) is 6.92 Å². The van der Waals surface area contributed by atoms with Crippen molar-refractivity contribution >= 4 is 23.4 Å². The van der Waals surface area contributed by atoms with Crippen LogP contribution in [0.1, 0.15) is 22.8 Å². The minimum atomic E-state index is -0.826. The molecule has 26 heavy (non-hydrogen) atoms. The first-order valence-corrected chi connectivity index (χ1v) is 7.83. The second-order valence-electron chi connectivity index (χ2n) is 4.99. The van der Waals surface area contributed by atoms with Crippen LogP contribution < -0.4 is 0 Å². The van der Waals surface area contributed by atoms with Gasteiger partial charge in [0.25, 0.3) is 0 Å². The van der Waals surface area contributed by atoms with E-state index in [1.54, 1.807) is 49.4 Å². The Balaban J connectivity index is 2.48. The Labute approximate surface area is 150 Å². The van der Waals surface area contributed by atoms with Gasteiger partial charge < -0.3 is 14.6 Å². The number of hydrogen-bond acceptors (Lipinski definition) is 7. The molecule has 0 atom stereocenters. The second kappa shape index (κ2) is 9.12. The van der Waals surface area contributed by atoms with Crippen LogP contribution in [0.5, 0.6) is 0 Å². The molecule has 2 aromatic rings. The molecule has 1 N–H and O–H groups in total. The number of azo groups is 1. The first-order valence-electron chi connectivity index (χ1n) is 7.83. The van der Waals surface area contributed by atoms with E-state index in [-0.39, 0.29) is 29.3 Å². The standard InChI is InChI=1S/C19H18N2O5/c1-3-26-19(24)16(17(22)13-9-5-4-6-10-13)21-20-15-12-8-7-11-14(15)18(23)25-2/h4-12,22H,3H2,1-2H3. The summed E-state index contributed by atoms with van der Waals surface area (Å²) in [5.74, 6) is -1.79. The highest BCUT2D eigenvalue weighted by Gasteiger charge is 2.19. The number of benzene rings is 2. The molecule has 0 fully saturated rings. The fraction of sp³-hybridized carbons (Fsp3) is 0.158. The topological polar surface area (TPSA) is 97.6 Å². The molecule has 0 amide bonds. The first-order chi connectivity index (χ1) is 12.6. The fourth-order valence-corrected chi connectivity index (χ4v) is 2.06. The Morgan fingerprint density at radius 1 is 1.04 bits per heavy atom. The molecular formula is C19H18N2O5. The normalized spacial score (nSPS) is 11.8. The van der Waals surface area contributed by atoms with Crippen LogP contribution in [0.2, 0.25) is 0 Å². The third kappa shape index (κ3) is 4.54. The van der Waals surface area contributed by atoms with Crippen molar-refractivity contribution < 1.29 is 24.2 Å². The molecule has 7 nitrogen and oxygen atoms in total. The Bertz CT molecular complexity index is 844. The van der Waals surface area contributed by atoms with Gasteiger partial charge in [-0.15, -0.1) is 10.2 Å². The SMILES string of the molecule is CCOC(=O)C(N=Nc1ccccc1C(=O)OC)=C(O)c1ccccc1. The minimum absolute atomic E-state index is 0.110. The molecule has 0 heterocycles. The van der Waals surface area contributed by atoms with Crippen molar-refractivity contribution in [2.75, 3.05) is 13.7 Å². The van der Waals surface area contributed by atoms with E-state index in [1.165, 1.54) is 19.2 Å². The predicted molar refractivity (Wildman–Crippen MR) is 94.9 cm³/mol. The molecule has 2 rings (SSSR count). The zero-order chi connectivity index (χ0) is 18.9. The molecule has 7 heteroatoms. The summed E-state index contributed by atoms with van der Waals surface area (Å²) in [5.41, 5.74) is 0.400. The van der Waals surface area contributed by atoms with Gasteiger partial charge in [-0.1, -0.05) is 42.5 Å². The lowest BCUT2D eigenvalue weighted by Gasteiger charge is -2.06. The van der Waals surface area contributed by atoms with Crippen molar-refractivity contribution in [3.05, 3.63) is 71.4 Å². The Morgan fingerprint density at radius 2 is 1.69 bits per heavy atom. The summed E-state index contributed by atoms with van der Waals surface area (Å²) in [6, 6.07) is 14.8. The van der Waals surface area contributed by atoms with Gasteiger partial charge in [-0.05, 0) is 19.1 Å². The Hall–Kier alpha value is -3.48. The lowest BCUT2D eigenvalue weighted by molar-refractivity contribution is -0.138. The maximum absolute atomic E-state index is 12.2. The third-order valence-electron chi connectivity index (χ3n) is 3.31. The van der Waals surface area contributed by atoms with Crippen LogP contribution in [-0.2, 0) is 14.3 Å². The highest BCUT2D eigenvalue weighted by atomic mass is 16.5. The average Bonchev–Trinajstić information content (AvgIpc) is 2.68. The maximum atomic E-state index is 12.2. The summed E-state index contributed by atoms with van der Waals surface area (Å²) in [7, 11) is 1.25. The molecule has 0 bridgehead atoms. The van der Waals surface area contributed by atoms with E-state index in [1.807, 2.05) is 0 Å². The van der Waals surface area contributed by atoms with Crippen molar-refractivity contribution in [1.82, 2.24) is 0 Å². The number of esters is 2. The number of aliphatic hydroxyl groups is 1. The van der Waals surface area contributed by atoms with Crippen molar-refractivity contribution in [2.24, 2.45) is 10.2 Å². The molecule has 0 aliphatic heterocycles. The zero-order valence-electron chi connectivity index (χ0n) is 14.4. The van der Waals surface area contributed by atoms with E-state index in [4.69, 9.17) is 9.47 Å². The molecule has 2 aromatic carbocycles. The van der Waals surface area contributed by atoms with Crippen LogP contribution in [0, 0.1) is 0 Å². The van der Waals surface area contributed by atoms with Crippen LogP contribution in [0.3, 0.4) is 0 Å². The van der Waals surface area contributed by atoms with Gasteiger partial charge in [-0.2, -0.15) is 0 Å². The molecule has 0 aliphatic carbocycles. The highest BCUT2D eigenvalue weighted by Crippen LogP contribution is 2.24. The number of hydrogen-bond donors (Lipinski definition) is 1. The summed E-state index contributed by atoms with van der Waals surface area (Å²) in [4.78, 5) is 24.0. The van der Waals surface area contributed by atoms with E-state index < -0.39 is 11.9 Å². The number of carbonyl (C=O) groups is 2. The van der Waals surface area contributed by atoms with Gasteiger partial charge in [0.1, 0.15) is 5.69 Å². The van der Waals surface area contributed by atoms with E-state index in [2.05, 4.69) is 10.2 Å². The predicted octanol–water partition coefficient (Wildman–Crippen LogP) is 4.05. The summed E-state index contributed by atoms with van der Waals surface area (Å²) in [5, 5.41) is 18.2. The molecule has 0 aliphatic rings. The van der Waals surface area contributed by atoms with Crippen LogP contribution >= 0.6 is 0 Å². The van der Waals surface area contributed by atoms with Crippen molar-refractivity contribution in [3.63, 3.8) is 0 Å². The third-order valence-corrected chi connectivity index (χ3v) is 3.31. The minimum Gasteiger partial charge on any atom is -0.505 e. The van der Waals surface area contributed by atoms with Crippen molar-refractivity contribution in [1.29, 1.82) is 0 Å². The quantitative estimate of drug-likeness (QED) is 0.365. The number of rotatable bonds is 6. The summed E-state index contributed by atoms with van der Waals surface area (Å²) in [6.45, 7) is 1.75. The lowest BCUT2D eigenvalue weighted by atomic mass is 10.1. The van der Waals surface area contributed by atoms with E-state index in [0.29, 0.717) is 5.56 Å². The monoisotopic (exact) mass is 354 g/mol. The van der Waals surface area contributed by atoms with Gasteiger partial charge in [0.15, 0.2) is 5.76 Å². The van der Waals surface area contributed by atoms with Crippen LogP contribution in [0.15, 0.2) is 70.5 Å². The van der Waals surface area contributed by atoms with E-state index in [0.717, 1.165) is 0 Å². The highest BCUT2D eigenvalue weighted by molar-refractivity contribution is 5.96. The van der Waals surface area contributed by atoms with Crippen LogP contribution in [-0.4, -0.2) is 30.8 Å². The zero-order valence-corrected chi connectivity index (χ0v) is 14.4. The van der Waals surface area contributed by atoms with Gasteiger partial charge in [-0.3, -0.25) is 0 Å². The summed E-state index contributed by atoms with van der Waals surface area (Å²) in [6.07, 6.45) is 0. The van der Waals surface area contributed by atoms with E-state index in [9.17, 15) is 14.7 Å². The summed E-state index contributed by atoms with van der Waals surface area (Å²) >= 11 is 0. The average molecular weight is 354 g/mol. The van der Waals surface area contributed by atoms with Gasteiger partial charge in [0.05, 0.1) is 19.3 Å². The van der Waals surface area contributed by atoms with E-state index >= 15 is 0 Å². The molecule has 0 saturated heterocycles. The lowest BCUT2D eigenvalue weighted by Crippen LogP contribution is -2.08. The molecule has 0 unspecified atom stereocenters. The van der Waals surface area contributed by atoms with Gasteiger partial charge in [0.2, 0.25) is 5.70 Å². The van der Waals surface area contributed by atoms with Gasteiger partial charge >= 0.3 is 11.9 Å². The molecule has 0 aromatic heterocycles. The maximum Gasteiger partial charge on any atom is 0.362 e. The second-order valence-corrected chi connectivity index (χ2v) is 4.99. The summed E-state index contributed by atoms with van der Waals surface area (Å²) < 4.78 is 9.62. The molecule has 0 radical (unpaired) electrons. The number of nitrogens with zero attached hydrogens (tertiary/aromatic N) is 2. The van der Waals surface area contributed by atoms with Crippen LogP contribution in [0.25, 0.3) is 5.76 Å². The smallest absolute Gasteiger partial charge is 0.362 e.